The fraction of sp³-hybridized carbons (Fsp3) is 0.278. The van der Waals surface area contributed by atoms with Crippen molar-refractivity contribution in [2.45, 2.75) is 19.3 Å². The topological polar surface area (TPSA) is 83.1 Å². The van der Waals surface area contributed by atoms with Crippen molar-refractivity contribution in [1.29, 1.82) is 0 Å². The number of carbonyl (C=O) groups excluding carboxylic acids is 2. The molecule has 130 valence electrons. The third kappa shape index (κ3) is 3.93. The van der Waals surface area contributed by atoms with Crippen molar-refractivity contribution in [3.05, 3.63) is 53.5 Å². The van der Waals surface area contributed by atoms with Crippen LogP contribution in [-0.2, 0) is 9.59 Å². The molecular formula is C18H19FN4O2. The number of hydrogen-bond donors (Lipinski definition) is 3. The largest absolute Gasteiger partial charge is 0.368 e. The molecule has 7 heteroatoms. The van der Waals surface area contributed by atoms with Crippen LogP contribution in [0.4, 0.5) is 15.9 Å². The van der Waals surface area contributed by atoms with E-state index in [4.69, 9.17) is 0 Å². The lowest BCUT2D eigenvalue weighted by Gasteiger charge is -2.25. The molecule has 0 unspecified atom stereocenters. The summed E-state index contributed by atoms with van der Waals surface area (Å²) in [6.07, 6.45) is 1.70. The van der Waals surface area contributed by atoms with Gasteiger partial charge in [-0.1, -0.05) is 6.07 Å². The molecular weight excluding hydrogens is 323 g/mol. The van der Waals surface area contributed by atoms with E-state index in [0.717, 1.165) is 11.4 Å². The van der Waals surface area contributed by atoms with E-state index >= 15 is 0 Å². The number of pyridine rings is 1. The zero-order valence-corrected chi connectivity index (χ0v) is 13.8. The number of aromatic nitrogens is 1. The molecule has 2 aromatic rings. The number of hydrogen-bond acceptors (Lipinski definition) is 4. The van der Waals surface area contributed by atoms with E-state index in [2.05, 4.69) is 20.9 Å². The highest BCUT2D eigenvalue weighted by Gasteiger charge is 2.30. The van der Waals surface area contributed by atoms with Crippen LogP contribution in [0.3, 0.4) is 0 Å². The van der Waals surface area contributed by atoms with E-state index < -0.39 is 11.7 Å². The first kappa shape index (κ1) is 16.9. The Balaban J connectivity index is 1.59. The van der Waals surface area contributed by atoms with E-state index in [-0.39, 0.29) is 18.2 Å². The van der Waals surface area contributed by atoms with Gasteiger partial charge in [0.2, 0.25) is 11.8 Å². The van der Waals surface area contributed by atoms with Crippen molar-refractivity contribution in [1.82, 2.24) is 10.3 Å². The highest BCUT2D eigenvalue weighted by atomic mass is 19.1. The maximum absolute atomic E-state index is 13.5. The second-order valence-electron chi connectivity index (χ2n) is 5.92. The van der Waals surface area contributed by atoms with Crippen LogP contribution >= 0.6 is 0 Å². The van der Waals surface area contributed by atoms with Crippen LogP contribution in [0.2, 0.25) is 0 Å². The number of aryl methyl sites for hydroxylation is 1. The van der Waals surface area contributed by atoms with Gasteiger partial charge >= 0.3 is 0 Å². The number of anilines is 2. The Morgan fingerprint density at radius 2 is 2.20 bits per heavy atom. The number of amides is 2. The number of halogens is 1. The van der Waals surface area contributed by atoms with E-state index in [1.54, 1.807) is 6.20 Å². The van der Waals surface area contributed by atoms with E-state index in [9.17, 15) is 14.0 Å². The summed E-state index contributed by atoms with van der Waals surface area (Å²) in [6, 6.07) is 7.84. The van der Waals surface area contributed by atoms with Gasteiger partial charge in [-0.05, 0) is 42.3 Å². The normalized spacial score (nSPS) is 15.9. The monoisotopic (exact) mass is 342 g/mol. The quantitative estimate of drug-likeness (QED) is 0.728. The third-order valence-corrected chi connectivity index (χ3v) is 4.10. The maximum Gasteiger partial charge on any atom is 0.228 e. The molecule has 1 aromatic carbocycles. The molecule has 3 rings (SSSR count). The van der Waals surface area contributed by atoms with Gasteiger partial charge in [0.05, 0.1) is 5.92 Å². The molecule has 0 spiro atoms. The number of benzene rings is 1. The minimum absolute atomic E-state index is 0.00899. The van der Waals surface area contributed by atoms with Crippen LogP contribution in [0.25, 0.3) is 0 Å². The molecule has 1 aliphatic rings. The van der Waals surface area contributed by atoms with Crippen LogP contribution in [0.1, 0.15) is 23.5 Å². The molecule has 0 bridgehead atoms. The van der Waals surface area contributed by atoms with Gasteiger partial charge in [0.15, 0.2) is 0 Å². The zero-order chi connectivity index (χ0) is 17.8. The van der Waals surface area contributed by atoms with Gasteiger partial charge in [-0.15, -0.1) is 0 Å². The lowest BCUT2D eigenvalue weighted by molar-refractivity contribution is -0.126. The van der Waals surface area contributed by atoms with Crippen molar-refractivity contribution in [3.63, 3.8) is 0 Å². The summed E-state index contributed by atoms with van der Waals surface area (Å²) < 4.78 is 13.5. The van der Waals surface area contributed by atoms with Crippen LogP contribution in [0.15, 0.2) is 36.5 Å². The van der Waals surface area contributed by atoms with Gasteiger partial charge in [0.25, 0.3) is 0 Å². The Bertz CT molecular complexity index is 809. The van der Waals surface area contributed by atoms with Gasteiger partial charge in [0, 0.05) is 31.4 Å². The van der Waals surface area contributed by atoms with E-state index in [1.165, 1.54) is 18.2 Å². The smallest absolute Gasteiger partial charge is 0.228 e. The molecule has 0 aliphatic carbocycles. The zero-order valence-electron chi connectivity index (χ0n) is 13.8. The lowest BCUT2D eigenvalue weighted by Crippen LogP contribution is -2.37. The molecule has 0 saturated heterocycles. The van der Waals surface area contributed by atoms with Gasteiger partial charge in [-0.3, -0.25) is 9.59 Å². The first-order chi connectivity index (χ1) is 12.0. The molecule has 1 atom stereocenters. The second-order valence-corrected chi connectivity index (χ2v) is 5.92. The van der Waals surface area contributed by atoms with Gasteiger partial charge in [-0.2, -0.15) is 0 Å². The molecule has 0 saturated carbocycles. The van der Waals surface area contributed by atoms with Gasteiger partial charge in [0.1, 0.15) is 11.6 Å². The van der Waals surface area contributed by atoms with Crippen molar-refractivity contribution in [2.75, 3.05) is 23.7 Å². The average Bonchev–Trinajstić information content (AvgIpc) is 2.59. The number of carbonyl (C=O) groups is 2. The molecule has 6 nitrogen and oxygen atoms in total. The average molecular weight is 342 g/mol. The summed E-state index contributed by atoms with van der Waals surface area (Å²) in [5.74, 6) is -0.889. The Morgan fingerprint density at radius 3 is 3.00 bits per heavy atom. The minimum Gasteiger partial charge on any atom is -0.368 e. The SMILES string of the molecule is Cc1cccnc1NCCNC(=O)[C@H]1CC(=O)Nc2ccc(F)cc21. The van der Waals surface area contributed by atoms with E-state index in [0.29, 0.717) is 24.3 Å². The lowest BCUT2D eigenvalue weighted by atomic mass is 9.89. The molecule has 2 amide bonds. The van der Waals surface area contributed by atoms with Gasteiger partial charge in [-0.25, -0.2) is 9.37 Å². The van der Waals surface area contributed by atoms with Crippen molar-refractivity contribution < 1.29 is 14.0 Å². The summed E-state index contributed by atoms with van der Waals surface area (Å²) in [5, 5.41) is 8.60. The first-order valence-corrected chi connectivity index (χ1v) is 8.07. The van der Waals surface area contributed by atoms with Crippen LogP contribution in [0.5, 0.6) is 0 Å². The Morgan fingerprint density at radius 1 is 1.36 bits per heavy atom. The molecule has 0 fully saturated rings. The predicted molar refractivity (Wildman–Crippen MR) is 92.9 cm³/mol. The summed E-state index contributed by atoms with van der Waals surface area (Å²) in [5.41, 5.74) is 2.01. The first-order valence-electron chi connectivity index (χ1n) is 8.07. The number of fused-ring (bicyclic) bond motifs is 1. The minimum atomic E-state index is -0.684. The van der Waals surface area contributed by atoms with E-state index in [1.807, 2.05) is 19.1 Å². The fourth-order valence-corrected chi connectivity index (χ4v) is 2.83. The predicted octanol–water partition coefficient (Wildman–Crippen LogP) is 2.18. The molecule has 2 heterocycles. The summed E-state index contributed by atoms with van der Waals surface area (Å²) >= 11 is 0. The maximum atomic E-state index is 13.5. The number of nitrogens with one attached hydrogen (secondary N) is 3. The molecule has 3 N–H and O–H groups in total. The summed E-state index contributed by atoms with van der Waals surface area (Å²) in [6.45, 7) is 2.82. The van der Waals surface area contributed by atoms with Crippen molar-refractivity contribution in [2.24, 2.45) is 0 Å². The summed E-state index contributed by atoms with van der Waals surface area (Å²) in [7, 11) is 0. The molecule has 25 heavy (non-hydrogen) atoms. The van der Waals surface area contributed by atoms with Crippen LogP contribution < -0.4 is 16.0 Å². The Labute approximate surface area is 144 Å². The summed E-state index contributed by atoms with van der Waals surface area (Å²) in [4.78, 5) is 28.4. The Kier molecular flexibility index (Phi) is 4.92. The molecule has 1 aliphatic heterocycles. The molecule has 0 radical (unpaired) electrons. The fourth-order valence-electron chi connectivity index (χ4n) is 2.83. The number of nitrogens with zero attached hydrogens (tertiary/aromatic N) is 1. The Hall–Kier alpha value is -2.96. The van der Waals surface area contributed by atoms with Crippen molar-refractivity contribution in [3.8, 4) is 0 Å². The number of rotatable bonds is 5. The molecule has 1 aromatic heterocycles. The highest BCUT2D eigenvalue weighted by molar-refractivity contribution is 6.01. The van der Waals surface area contributed by atoms with Gasteiger partial charge < -0.3 is 16.0 Å². The third-order valence-electron chi connectivity index (χ3n) is 4.10. The second kappa shape index (κ2) is 7.29. The van der Waals surface area contributed by atoms with Crippen molar-refractivity contribution >= 4 is 23.3 Å². The highest BCUT2D eigenvalue weighted by Crippen LogP contribution is 2.32. The van der Waals surface area contributed by atoms with Crippen LogP contribution in [0, 0.1) is 12.7 Å². The van der Waals surface area contributed by atoms with Crippen LogP contribution in [-0.4, -0.2) is 29.9 Å². The standard InChI is InChI=1S/C18H19FN4O2/c1-11-3-2-6-20-17(11)21-7-8-22-18(25)14-10-16(24)23-15-5-4-12(19)9-13(14)15/h2-6,9,14H,7-8,10H2,1H3,(H,20,21)(H,22,25)(H,23,24)/t14-/m0/s1.